The average molecular weight is 499 g/mol. The fourth-order valence-electron chi connectivity index (χ4n) is 3.71. The molecule has 2 atom stereocenters. The molecule has 0 bridgehead atoms. The molecule has 2 amide bonds. The highest BCUT2D eigenvalue weighted by atomic mass is 19.2. The Bertz CT molecular complexity index is 1320. The maximum Gasteiger partial charge on any atom is 0.269 e. The van der Waals surface area contributed by atoms with Crippen molar-refractivity contribution >= 4 is 28.9 Å². The Labute approximate surface area is 203 Å². The number of pyridine rings is 1. The van der Waals surface area contributed by atoms with E-state index in [-0.39, 0.29) is 0 Å². The van der Waals surface area contributed by atoms with Gasteiger partial charge in [-0.15, -0.1) is 0 Å². The zero-order valence-corrected chi connectivity index (χ0v) is 19.2. The number of rotatable bonds is 6. The molecular weight excluding hydrogens is 478 g/mol. The number of hydrogen-bond acceptors (Lipinski definition) is 5. The van der Waals surface area contributed by atoms with E-state index >= 15 is 0 Å². The van der Waals surface area contributed by atoms with Crippen LogP contribution in [0.2, 0.25) is 0 Å². The Balaban J connectivity index is 1.68. The number of carbonyl (C=O) groups excluding carboxylic acids is 2. The minimum atomic E-state index is -1.86. The predicted molar refractivity (Wildman–Crippen MR) is 125 cm³/mol. The SMILES string of the molecule is CC(C)[C@@H](Nc1c(F)c(F)nc(F)c1F)C(=O)N[C@H]1N=C(c2ccccc2)c2ccccc2NC1=O. The van der Waals surface area contributed by atoms with E-state index in [2.05, 4.69) is 25.9 Å². The van der Waals surface area contributed by atoms with Crippen LogP contribution in [0, 0.1) is 29.4 Å². The van der Waals surface area contributed by atoms with Crippen LogP contribution >= 0.6 is 0 Å². The van der Waals surface area contributed by atoms with Crippen LogP contribution in [0.1, 0.15) is 25.0 Å². The van der Waals surface area contributed by atoms with E-state index in [0.29, 0.717) is 22.5 Å². The molecule has 0 fully saturated rings. The lowest BCUT2D eigenvalue weighted by atomic mass is 10.0. The standard InChI is InChI=1S/C25H21F4N5O2/c1-12(2)18(31-20-16(26)21(28)33-22(29)17(20)27)24(35)34-23-25(36)30-15-11-7-6-10-14(15)19(32-23)13-8-4-3-5-9-13/h3-12,18,23H,1-2H3,(H,30,36)(H,31,33)(H,34,35)/t18-,23-/m1/s1. The number of hydrogen-bond donors (Lipinski definition) is 3. The maximum atomic E-state index is 14.2. The van der Waals surface area contributed by atoms with Gasteiger partial charge in [-0.1, -0.05) is 62.4 Å². The zero-order valence-electron chi connectivity index (χ0n) is 19.2. The molecular formula is C25H21F4N5O2. The summed E-state index contributed by atoms with van der Waals surface area (Å²) in [4.78, 5) is 33.1. The zero-order chi connectivity index (χ0) is 26.0. The number of nitrogens with one attached hydrogen (secondary N) is 3. The lowest BCUT2D eigenvalue weighted by Gasteiger charge is -2.25. The van der Waals surface area contributed by atoms with Crippen molar-refractivity contribution in [2.75, 3.05) is 10.6 Å². The van der Waals surface area contributed by atoms with Crippen molar-refractivity contribution in [3.63, 3.8) is 0 Å². The van der Waals surface area contributed by atoms with E-state index in [9.17, 15) is 27.2 Å². The number of anilines is 2. The molecule has 1 aliphatic heterocycles. The van der Waals surface area contributed by atoms with Gasteiger partial charge in [0, 0.05) is 11.1 Å². The first kappa shape index (κ1) is 24.8. The third kappa shape index (κ3) is 4.90. The van der Waals surface area contributed by atoms with Gasteiger partial charge in [-0.25, -0.2) is 4.99 Å². The fourth-order valence-corrected chi connectivity index (χ4v) is 3.71. The number of carbonyl (C=O) groups is 2. The molecule has 0 saturated carbocycles. The number of fused-ring (bicyclic) bond motifs is 1. The van der Waals surface area contributed by atoms with E-state index in [1.807, 2.05) is 6.07 Å². The van der Waals surface area contributed by atoms with Gasteiger partial charge in [0.1, 0.15) is 11.7 Å². The number of benzene rings is 2. The second-order valence-corrected chi connectivity index (χ2v) is 8.35. The van der Waals surface area contributed by atoms with Gasteiger partial charge in [0.05, 0.1) is 11.4 Å². The van der Waals surface area contributed by atoms with Crippen molar-refractivity contribution < 1.29 is 27.2 Å². The van der Waals surface area contributed by atoms with Gasteiger partial charge >= 0.3 is 0 Å². The van der Waals surface area contributed by atoms with Crippen molar-refractivity contribution in [2.24, 2.45) is 10.9 Å². The van der Waals surface area contributed by atoms with Crippen LogP contribution in [0.25, 0.3) is 0 Å². The van der Waals surface area contributed by atoms with E-state index in [4.69, 9.17) is 0 Å². The van der Waals surface area contributed by atoms with Crippen LogP contribution < -0.4 is 16.0 Å². The van der Waals surface area contributed by atoms with Gasteiger partial charge in [-0.3, -0.25) is 9.59 Å². The summed E-state index contributed by atoms with van der Waals surface area (Å²) in [7, 11) is 0. The van der Waals surface area contributed by atoms with Gasteiger partial charge in [-0.2, -0.15) is 22.5 Å². The Hall–Kier alpha value is -4.28. The molecule has 0 spiro atoms. The molecule has 11 heteroatoms. The predicted octanol–water partition coefficient (Wildman–Crippen LogP) is 4.01. The molecule has 36 heavy (non-hydrogen) atoms. The largest absolute Gasteiger partial charge is 0.368 e. The molecule has 0 unspecified atom stereocenters. The smallest absolute Gasteiger partial charge is 0.269 e. The third-order valence-corrected chi connectivity index (χ3v) is 5.52. The molecule has 4 rings (SSSR count). The minimum Gasteiger partial charge on any atom is -0.368 e. The molecule has 186 valence electrons. The van der Waals surface area contributed by atoms with Crippen LogP contribution in [0.5, 0.6) is 0 Å². The second-order valence-electron chi connectivity index (χ2n) is 8.35. The van der Waals surface area contributed by atoms with Gasteiger partial charge in [0.25, 0.3) is 17.8 Å². The normalized spacial score (nSPS) is 15.9. The topological polar surface area (TPSA) is 95.5 Å². The summed E-state index contributed by atoms with van der Waals surface area (Å²) in [6.07, 6.45) is -1.41. The molecule has 3 aromatic rings. The Morgan fingerprint density at radius 3 is 2.19 bits per heavy atom. The molecule has 0 radical (unpaired) electrons. The quantitative estimate of drug-likeness (QED) is 0.353. The molecule has 3 N–H and O–H groups in total. The summed E-state index contributed by atoms with van der Waals surface area (Å²) >= 11 is 0. The molecule has 2 heterocycles. The van der Waals surface area contributed by atoms with Gasteiger partial charge in [0.2, 0.25) is 23.7 Å². The number of nitrogens with zero attached hydrogens (tertiary/aromatic N) is 2. The summed E-state index contributed by atoms with van der Waals surface area (Å²) in [5.41, 5.74) is 1.04. The highest BCUT2D eigenvalue weighted by molar-refractivity contribution is 6.19. The number of aromatic nitrogens is 1. The van der Waals surface area contributed by atoms with Gasteiger partial charge in [-0.05, 0) is 12.0 Å². The summed E-state index contributed by atoms with van der Waals surface area (Å²) in [5.74, 6) is -9.42. The number of amides is 2. The number of benzodiazepines with no additional fused rings is 1. The lowest BCUT2D eigenvalue weighted by Crippen LogP contribution is -2.50. The summed E-state index contributed by atoms with van der Waals surface area (Å²) in [6, 6.07) is 14.6. The number of halogens is 4. The number of aliphatic imine (C=N–C) groups is 1. The Kier molecular flexibility index (Phi) is 7.00. The van der Waals surface area contributed by atoms with Crippen LogP contribution in [-0.2, 0) is 9.59 Å². The third-order valence-electron chi connectivity index (χ3n) is 5.52. The summed E-state index contributed by atoms with van der Waals surface area (Å²) in [5, 5.41) is 7.39. The average Bonchev–Trinajstić information content (AvgIpc) is 2.99. The van der Waals surface area contributed by atoms with Crippen LogP contribution in [0.15, 0.2) is 59.6 Å². The van der Waals surface area contributed by atoms with Gasteiger partial charge in [0.15, 0.2) is 0 Å². The van der Waals surface area contributed by atoms with E-state index in [0.717, 1.165) is 0 Å². The highest BCUT2D eigenvalue weighted by Gasteiger charge is 2.32. The van der Waals surface area contributed by atoms with Crippen molar-refractivity contribution in [3.8, 4) is 0 Å². The van der Waals surface area contributed by atoms with Gasteiger partial charge < -0.3 is 16.0 Å². The van der Waals surface area contributed by atoms with Crippen molar-refractivity contribution in [1.82, 2.24) is 10.3 Å². The molecule has 0 aliphatic carbocycles. The first-order valence-corrected chi connectivity index (χ1v) is 11.0. The van der Waals surface area contributed by atoms with Crippen molar-refractivity contribution in [3.05, 3.63) is 89.3 Å². The molecule has 1 aromatic heterocycles. The highest BCUT2D eigenvalue weighted by Crippen LogP contribution is 2.26. The molecule has 1 aliphatic rings. The number of para-hydroxylation sites is 1. The summed E-state index contributed by atoms with van der Waals surface area (Å²) < 4.78 is 55.5. The fraction of sp³-hybridized carbons (Fsp3) is 0.200. The molecule has 0 saturated heterocycles. The Morgan fingerprint density at radius 2 is 1.56 bits per heavy atom. The van der Waals surface area contributed by atoms with E-state index in [1.165, 1.54) is 0 Å². The summed E-state index contributed by atoms with van der Waals surface area (Å²) in [6.45, 7) is 3.09. The minimum absolute atomic E-state index is 0.430. The second kappa shape index (κ2) is 10.1. The van der Waals surface area contributed by atoms with E-state index in [1.54, 1.807) is 62.4 Å². The Morgan fingerprint density at radius 1 is 0.944 bits per heavy atom. The molecule has 7 nitrogen and oxygen atoms in total. The maximum absolute atomic E-state index is 14.2. The van der Waals surface area contributed by atoms with Crippen LogP contribution in [-0.4, -0.2) is 34.7 Å². The van der Waals surface area contributed by atoms with Crippen LogP contribution in [0.3, 0.4) is 0 Å². The van der Waals surface area contributed by atoms with E-state index < -0.39 is 59.2 Å². The van der Waals surface area contributed by atoms with Crippen molar-refractivity contribution in [1.29, 1.82) is 0 Å². The first-order chi connectivity index (χ1) is 17.2. The van der Waals surface area contributed by atoms with Crippen LogP contribution in [0.4, 0.5) is 28.9 Å². The first-order valence-electron chi connectivity index (χ1n) is 11.0. The van der Waals surface area contributed by atoms with Crippen molar-refractivity contribution in [2.45, 2.75) is 26.1 Å². The monoisotopic (exact) mass is 499 g/mol. The molecule has 2 aromatic carbocycles. The lowest BCUT2D eigenvalue weighted by molar-refractivity contribution is -0.127.